The molecule has 54 heavy (non-hydrogen) atoms. The molecule has 1 aromatic heterocycles. The van der Waals surface area contributed by atoms with Crippen LogP contribution in [0.4, 0.5) is 0 Å². The van der Waals surface area contributed by atoms with Crippen LogP contribution in [0.25, 0.3) is 0 Å². The maximum atomic E-state index is 12.7. The van der Waals surface area contributed by atoms with Gasteiger partial charge in [0.15, 0.2) is 11.5 Å². The van der Waals surface area contributed by atoms with Crippen molar-refractivity contribution in [2.45, 2.75) is 155 Å². The molecule has 0 bridgehead atoms. The summed E-state index contributed by atoms with van der Waals surface area (Å²) in [5.41, 5.74) is -3.34. The number of unbranched alkanes of at least 4 members (excludes halogenated alkanes) is 8. The van der Waals surface area contributed by atoms with E-state index in [0.717, 1.165) is 77.0 Å². The maximum Gasteiger partial charge on any atom is 0.305 e. The highest BCUT2D eigenvalue weighted by molar-refractivity contribution is 7.08. The van der Waals surface area contributed by atoms with Crippen molar-refractivity contribution in [1.29, 1.82) is 0 Å². The Hall–Kier alpha value is -2.90. The first-order valence-corrected chi connectivity index (χ1v) is 21.1. The Balaban J connectivity index is 2.29. The largest absolute Gasteiger partial charge is 0.488 e. The molecule has 0 fully saturated rings. The maximum absolute atomic E-state index is 12.7. The molecule has 1 aliphatic heterocycles. The van der Waals surface area contributed by atoms with Crippen LogP contribution in [0.5, 0.6) is 11.5 Å². The van der Waals surface area contributed by atoms with Crippen LogP contribution < -0.4 is 9.47 Å². The number of thiophene rings is 1. The summed E-state index contributed by atoms with van der Waals surface area (Å²) in [5, 5.41) is 3.71. The van der Waals surface area contributed by atoms with Gasteiger partial charge in [0.05, 0.1) is 18.6 Å². The smallest absolute Gasteiger partial charge is 0.305 e. The van der Waals surface area contributed by atoms with E-state index in [1.54, 1.807) is 13.8 Å². The molecule has 0 amide bonds. The Morgan fingerprint density at radius 1 is 0.556 bits per heavy atom. The van der Waals surface area contributed by atoms with Crippen LogP contribution >= 0.6 is 11.3 Å². The lowest BCUT2D eigenvalue weighted by molar-refractivity contribution is -0.195. The second-order valence-electron chi connectivity index (χ2n) is 15.1. The fourth-order valence-corrected chi connectivity index (χ4v) is 6.08. The third kappa shape index (κ3) is 19.1. The first-order chi connectivity index (χ1) is 25.9. The molecule has 0 radical (unpaired) electrons. The molecular weight excluding hydrogens is 717 g/mol. The lowest BCUT2D eigenvalue weighted by Gasteiger charge is -2.38. The minimum Gasteiger partial charge on any atom is -0.488 e. The summed E-state index contributed by atoms with van der Waals surface area (Å²) in [6.07, 6.45) is 11.6. The van der Waals surface area contributed by atoms with Gasteiger partial charge in [-0.2, -0.15) is 0 Å². The zero-order chi connectivity index (χ0) is 39.7. The van der Waals surface area contributed by atoms with Crippen LogP contribution in [0.1, 0.15) is 144 Å². The van der Waals surface area contributed by atoms with Gasteiger partial charge in [-0.25, -0.2) is 0 Å². The summed E-state index contributed by atoms with van der Waals surface area (Å²) in [4.78, 5) is 50.6. The van der Waals surface area contributed by atoms with Gasteiger partial charge < -0.3 is 37.9 Å². The first-order valence-electron chi connectivity index (χ1n) is 20.1. The lowest BCUT2D eigenvalue weighted by atomic mass is 9.91. The predicted molar refractivity (Wildman–Crippen MR) is 207 cm³/mol. The minimum absolute atomic E-state index is 0.00165. The molecule has 1 aliphatic rings. The predicted octanol–water partition coefficient (Wildman–Crippen LogP) is 8.55. The summed E-state index contributed by atoms with van der Waals surface area (Å²) in [6, 6.07) is 0. The van der Waals surface area contributed by atoms with Crippen molar-refractivity contribution in [3.8, 4) is 11.5 Å². The molecule has 0 unspecified atom stereocenters. The van der Waals surface area contributed by atoms with E-state index in [1.165, 1.54) is 11.3 Å². The Morgan fingerprint density at radius 3 is 1.13 bits per heavy atom. The molecule has 0 aromatic carbocycles. The number of hydrogen-bond acceptors (Lipinski definition) is 13. The molecule has 0 spiro atoms. The zero-order valence-electron chi connectivity index (χ0n) is 33.9. The normalized spacial score (nSPS) is 13.9. The van der Waals surface area contributed by atoms with Gasteiger partial charge in [0.1, 0.15) is 50.8 Å². The Kier molecular flexibility index (Phi) is 22.8. The van der Waals surface area contributed by atoms with Crippen molar-refractivity contribution < 1.29 is 57.1 Å². The number of carbonyl (C=O) groups excluding carboxylic acids is 4. The van der Waals surface area contributed by atoms with E-state index in [4.69, 9.17) is 37.9 Å². The third-order valence-corrected chi connectivity index (χ3v) is 9.91. The van der Waals surface area contributed by atoms with Crippen molar-refractivity contribution in [2.75, 3.05) is 52.9 Å². The molecule has 1 aromatic rings. The fourth-order valence-electron chi connectivity index (χ4n) is 5.40. The van der Waals surface area contributed by atoms with E-state index in [-0.39, 0.29) is 102 Å². The molecule has 0 aliphatic carbocycles. The van der Waals surface area contributed by atoms with Gasteiger partial charge in [0.25, 0.3) is 0 Å². The second kappa shape index (κ2) is 26.0. The van der Waals surface area contributed by atoms with Crippen LogP contribution in [0.15, 0.2) is 10.8 Å². The van der Waals surface area contributed by atoms with Gasteiger partial charge in [-0.05, 0) is 39.5 Å². The van der Waals surface area contributed by atoms with Gasteiger partial charge in [-0.3, -0.25) is 19.2 Å². The van der Waals surface area contributed by atoms with Crippen molar-refractivity contribution in [1.82, 2.24) is 0 Å². The molecular formula is C41H68O12S. The van der Waals surface area contributed by atoms with E-state index in [9.17, 15) is 19.2 Å². The van der Waals surface area contributed by atoms with E-state index < -0.39 is 16.6 Å². The highest BCUT2D eigenvalue weighted by Crippen LogP contribution is 2.38. The van der Waals surface area contributed by atoms with Crippen LogP contribution in [0.3, 0.4) is 0 Å². The zero-order valence-corrected chi connectivity index (χ0v) is 34.7. The summed E-state index contributed by atoms with van der Waals surface area (Å²) in [7, 11) is 0. The molecule has 12 nitrogen and oxygen atoms in total. The molecule has 2 heterocycles. The summed E-state index contributed by atoms with van der Waals surface area (Å²) in [6.45, 7) is 11.5. The Morgan fingerprint density at radius 2 is 0.852 bits per heavy atom. The highest BCUT2D eigenvalue weighted by Gasteiger charge is 2.43. The van der Waals surface area contributed by atoms with Gasteiger partial charge >= 0.3 is 23.9 Å². The topological polar surface area (TPSA) is 142 Å². The first kappa shape index (κ1) is 47.3. The Bertz CT molecular complexity index is 1090. The quantitative estimate of drug-likeness (QED) is 0.0419. The lowest BCUT2D eigenvalue weighted by Crippen LogP contribution is -2.51. The number of hydrogen-bond donors (Lipinski definition) is 0. The average Bonchev–Trinajstić information content (AvgIpc) is 3.55. The van der Waals surface area contributed by atoms with Crippen LogP contribution in [-0.2, 0) is 47.6 Å². The second-order valence-corrected chi connectivity index (χ2v) is 15.9. The summed E-state index contributed by atoms with van der Waals surface area (Å²) < 4.78 is 48.3. The van der Waals surface area contributed by atoms with Crippen molar-refractivity contribution >= 4 is 35.2 Å². The minimum atomic E-state index is -1.20. The van der Waals surface area contributed by atoms with E-state index in [1.807, 2.05) is 10.8 Å². The van der Waals surface area contributed by atoms with Crippen LogP contribution in [-0.4, -0.2) is 87.9 Å². The number of ether oxygens (including phenoxy) is 8. The number of esters is 4. The molecule has 13 heteroatoms. The molecule has 0 N–H and O–H groups in total. The highest BCUT2D eigenvalue weighted by atomic mass is 32.1. The standard InChI is InChI=1S/C41H68O12S/c1-7-11-15-19-35(42)48-25-39(5,26-49-36(43)20-16-12-8-2)52-31-41(29-46-33-23-54-24-34(33)47-30-41)32-53-40(6,27-50-37(44)21-17-13-9-3)28-51-38(45)22-18-14-10-4/h23-24H,7-22,25-32H2,1-6H3. The SMILES string of the molecule is CCCCCC(=O)OCC(C)(COC(=O)CCCCC)OCC1(COC(C)(COC(=O)CCCCC)COC(=O)CCCCC)COc2cscc2OC1. The third-order valence-electron chi connectivity index (χ3n) is 9.21. The molecule has 0 saturated heterocycles. The van der Waals surface area contributed by atoms with Crippen molar-refractivity contribution in [3.63, 3.8) is 0 Å². The van der Waals surface area contributed by atoms with Gasteiger partial charge in [0.2, 0.25) is 0 Å². The van der Waals surface area contributed by atoms with E-state index in [2.05, 4.69) is 27.7 Å². The van der Waals surface area contributed by atoms with E-state index >= 15 is 0 Å². The van der Waals surface area contributed by atoms with Crippen molar-refractivity contribution in [2.24, 2.45) is 5.41 Å². The summed E-state index contributed by atoms with van der Waals surface area (Å²) >= 11 is 1.46. The van der Waals surface area contributed by atoms with Crippen LogP contribution in [0, 0.1) is 5.41 Å². The summed E-state index contributed by atoms with van der Waals surface area (Å²) in [5.74, 6) is -0.200. The number of fused-ring (bicyclic) bond motifs is 1. The van der Waals surface area contributed by atoms with Gasteiger partial charge in [0, 0.05) is 36.4 Å². The van der Waals surface area contributed by atoms with Crippen LogP contribution in [0.2, 0.25) is 0 Å². The van der Waals surface area contributed by atoms with Gasteiger partial charge in [-0.1, -0.05) is 79.1 Å². The fraction of sp³-hybridized carbons (Fsp3) is 0.805. The van der Waals surface area contributed by atoms with Gasteiger partial charge in [-0.15, -0.1) is 11.3 Å². The molecule has 0 saturated carbocycles. The number of rotatable bonds is 30. The van der Waals surface area contributed by atoms with E-state index in [0.29, 0.717) is 11.5 Å². The molecule has 310 valence electrons. The van der Waals surface area contributed by atoms with Crippen molar-refractivity contribution in [3.05, 3.63) is 10.8 Å². The molecule has 0 atom stereocenters. The Labute approximate surface area is 327 Å². The molecule has 2 rings (SSSR count). The number of carbonyl (C=O) groups is 4. The monoisotopic (exact) mass is 784 g/mol. The average molecular weight is 785 g/mol.